The van der Waals surface area contributed by atoms with Gasteiger partial charge >= 0.3 is 0 Å². The minimum absolute atomic E-state index is 0.542. The van der Waals surface area contributed by atoms with Gasteiger partial charge in [-0.1, -0.05) is 36.2 Å². The molecule has 0 radical (unpaired) electrons. The Morgan fingerprint density at radius 3 is 2.88 bits per heavy atom. The lowest BCUT2D eigenvalue weighted by Crippen LogP contribution is -2.39. The van der Waals surface area contributed by atoms with Crippen molar-refractivity contribution in [3.05, 3.63) is 34.9 Å². The van der Waals surface area contributed by atoms with E-state index in [1.165, 1.54) is 30.6 Å². The molecule has 0 bridgehead atoms. The van der Waals surface area contributed by atoms with E-state index in [1.807, 2.05) is 12.1 Å². The molecule has 3 heteroatoms. The van der Waals surface area contributed by atoms with E-state index in [0.717, 1.165) is 16.7 Å². The predicted octanol–water partition coefficient (Wildman–Crippen LogP) is 3.76. The van der Waals surface area contributed by atoms with Crippen LogP contribution in [-0.4, -0.2) is 24.1 Å². The first kappa shape index (κ1) is 13.3. The molecule has 1 fully saturated rings. The first-order valence-corrected chi connectivity index (χ1v) is 7.76. The SMILES string of the molecule is CNC(Cc1ccccc1Cl)C1CCCCS1. The minimum atomic E-state index is 0.542. The van der Waals surface area contributed by atoms with Gasteiger partial charge in [0.25, 0.3) is 0 Å². The van der Waals surface area contributed by atoms with E-state index >= 15 is 0 Å². The molecule has 1 heterocycles. The molecule has 0 amide bonds. The second-order valence-corrected chi connectivity index (χ2v) is 6.35. The summed E-state index contributed by atoms with van der Waals surface area (Å²) in [6.45, 7) is 0. The zero-order valence-corrected chi connectivity index (χ0v) is 11.9. The second-order valence-electron chi connectivity index (χ2n) is 4.60. The van der Waals surface area contributed by atoms with Crippen LogP contribution in [0.1, 0.15) is 24.8 Å². The average molecular weight is 270 g/mol. The molecule has 0 saturated carbocycles. The van der Waals surface area contributed by atoms with Crippen LogP contribution in [0, 0.1) is 0 Å². The van der Waals surface area contributed by atoms with Gasteiger partial charge in [-0.05, 0) is 43.7 Å². The molecule has 2 unspecified atom stereocenters. The fraction of sp³-hybridized carbons (Fsp3) is 0.571. The summed E-state index contributed by atoms with van der Waals surface area (Å²) < 4.78 is 0. The summed E-state index contributed by atoms with van der Waals surface area (Å²) in [5.41, 5.74) is 1.26. The smallest absolute Gasteiger partial charge is 0.0438 e. The molecule has 0 aromatic heterocycles. The molecule has 1 N–H and O–H groups in total. The Kier molecular flexibility index (Phi) is 5.20. The number of thioether (sulfide) groups is 1. The van der Waals surface area contributed by atoms with Gasteiger partial charge in [0.1, 0.15) is 0 Å². The number of hydrogen-bond acceptors (Lipinski definition) is 2. The van der Waals surface area contributed by atoms with Crippen molar-refractivity contribution in [3.8, 4) is 0 Å². The summed E-state index contributed by atoms with van der Waals surface area (Å²) in [6.07, 6.45) is 5.12. The van der Waals surface area contributed by atoms with Crippen molar-refractivity contribution in [2.75, 3.05) is 12.8 Å². The quantitative estimate of drug-likeness (QED) is 0.893. The van der Waals surface area contributed by atoms with E-state index in [0.29, 0.717) is 6.04 Å². The molecule has 1 aliphatic rings. The van der Waals surface area contributed by atoms with E-state index in [1.54, 1.807) is 0 Å². The van der Waals surface area contributed by atoms with Crippen LogP contribution in [0.3, 0.4) is 0 Å². The van der Waals surface area contributed by atoms with Crippen molar-refractivity contribution >= 4 is 23.4 Å². The van der Waals surface area contributed by atoms with Crippen LogP contribution in [0.2, 0.25) is 5.02 Å². The third-order valence-corrected chi connectivity index (χ3v) is 5.32. The van der Waals surface area contributed by atoms with Crippen molar-refractivity contribution < 1.29 is 0 Å². The van der Waals surface area contributed by atoms with Crippen molar-refractivity contribution in [2.45, 2.75) is 37.0 Å². The standard InChI is InChI=1S/C14H20ClNS/c1-16-13(14-8-4-5-9-17-14)10-11-6-2-3-7-12(11)15/h2-3,6-7,13-14,16H,4-5,8-10H2,1H3. The maximum atomic E-state index is 6.23. The molecule has 2 rings (SSSR count). The van der Waals surface area contributed by atoms with Gasteiger partial charge in [0, 0.05) is 16.3 Å². The van der Waals surface area contributed by atoms with E-state index in [2.05, 4.69) is 36.3 Å². The highest BCUT2D eigenvalue weighted by molar-refractivity contribution is 8.00. The average Bonchev–Trinajstić information content (AvgIpc) is 2.39. The highest BCUT2D eigenvalue weighted by Gasteiger charge is 2.23. The Hall–Kier alpha value is -0.180. The zero-order chi connectivity index (χ0) is 12.1. The minimum Gasteiger partial charge on any atom is -0.316 e. The molecular formula is C14H20ClNS. The largest absolute Gasteiger partial charge is 0.316 e. The summed E-state index contributed by atoms with van der Waals surface area (Å²) in [4.78, 5) is 0. The topological polar surface area (TPSA) is 12.0 Å². The number of hydrogen-bond donors (Lipinski definition) is 1. The molecule has 1 aromatic rings. The Labute approximate surface area is 113 Å². The molecule has 17 heavy (non-hydrogen) atoms. The highest BCUT2D eigenvalue weighted by Crippen LogP contribution is 2.29. The van der Waals surface area contributed by atoms with Crippen LogP contribution in [-0.2, 0) is 6.42 Å². The van der Waals surface area contributed by atoms with Gasteiger partial charge in [0.05, 0.1) is 0 Å². The number of benzene rings is 1. The van der Waals surface area contributed by atoms with Gasteiger partial charge in [0.2, 0.25) is 0 Å². The molecule has 1 aliphatic heterocycles. The Balaban J connectivity index is 2.01. The summed E-state index contributed by atoms with van der Waals surface area (Å²) >= 11 is 8.35. The maximum Gasteiger partial charge on any atom is 0.0438 e. The monoisotopic (exact) mass is 269 g/mol. The Morgan fingerprint density at radius 1 is 1.41 bits per heavy atom. The van der Waals surface area contributed by atoms with E-state index in [-0.39, 0.29) is 0 Å². The Morgan fingerprint density at radius 2 is 2.24 bits per heavy atom. The van der Waals surface area contributed by atoms with Crippen LogP contribution in [0.25, 0.3) is 0 Å². The summed E-state index contributed by atoms with van der Waals surface area (Å²) in [5, 5.41) is 5.11. The first-order valence-electron chi connectivity index (χ1n) is 6.33. The molecule has 2 atom stereocenters. The molecule has 1 aromatic carbocycles. The van der Waals surface area contributed by atoms with Gasteiger partial charge < -0.3 is 5.32 Å². The maximum absolute atomic E-state index is 6.23. The lowest BCUT2D eigenvalue weighted by molar-refractivity contribution is 0.495. The van der Waals surface area contributed by atoms with Crippen LogP contribution >= 0.6 is 23.4 Å². The Bertz CT molecular complexity index is 350. The van der Waals surface area contributed by atoms with Crippen LogP contribution in [0.5, 0.6) is 0 Å². The predicted molar refractivity (Wildman–Crippen MR) is 78.1 cm³/mol. The number of nitrogens with one attached hydrogen (secondary N) is 1. The number of likely N-dealkylation sites (N-methyl/N-ethyl adjacent to an activating group) is 1. The highest BCUT2D eigenvalue weighted by atomic mass is 35.5. The summed E-state index contributed by atoms with van der Waals surface area (Å²) in [7, 11) is 2.07. The van der Waals surface area contributed by atoms with E-state index in [9.17, 15) is 0 Å². The van der Waals surface area contributed by atoms with Crippen molar-refractivity contribution in [1.29, 1.82) is 0 Å². The van der Waals surface area contributed by atoms with Crippen LogP contribution in [0.15, 0.2) is 24.3 Å². The lowest BCUT2D eigenvalue weighted by atomic mass is 9.99. The van der Waals surface area contributed by atoms with Crippen LogP contribution < -0.4 is 5.32 Å². The normalized spacial score (nSPS) is 22.4. The fourth-order valence-electron chi connectivity index (χ4n) is 2.40. The zero-order valence-electron chi connectivity index (χ0n) is 10.3. The van der Waals surface area contributed by atoms with Gasteiger partial charge in [-0.3, -0.25) is 0 Å². The third-order valence-electron chi connectivity index (χ3n) is 3.43. The molecule has 0 spiro atoms. The van der Waals surface area contributed by atoms with Gasteiger partial charge in [0.15, 0.2) is 0 Å². The first-order chi connectivity index (χ1) is 8.31. The lowest BCUT2D eigenvalue weighted by Gasteiger charge is -2.29. The van der Waals surface area contributed by atoms with Crippen molar-refractivity contribution in [1.82, 2.24) is 5.32 Å². The second kappa shape index (κ2) is 6.67. The summed E-state index contributed by atoms with van der Waals surface area (Å²) in [5.74, 6) is 1.31. The van der Waals surface area contributed by atoms with Crippen LogP contribution in [0.4, 0.5) is 0 Å². The van der Waals surface area contributed by atoms with E-state index in [4.69, 9.17) is 11.6 Å². The molecule has 94 valence electrons. The van der Waals surface area contributed by atoms with Gasteiger partial charge in [-0.25, -0.2) is 0 Å². The van der Waals surface area contributed by atoms with Crippen molar-refractivity contribution in [2.24, 2.45) is 0 Å². The molecule has 1 saturated heterocycles. The van der Waals surface area contributed by atoms with Gasteiger partial charge in [-0.2, -0.15) is 11.8 Å². The van der Waals surface area contributed by atoms with E-state index < -0.39 is 0 Å². The molecule has 0 aliphatic carbocycles. The molecular weight excluding hydrogens is 250 g/mol. The summed E-state index contributed by atoms with van der Waals surface area (Å²) in [6, 6.07) is 8.73. The van der Waals surface area contributed by atoms with Crippen molar-refractivity contribution in [3.63, 3.8) is 0 Å². The van der Waals surface area contributed by atoms with Gasteiger partial charge in [-0.15, -0.1) is 0 Å². The number of rotatable bonds is 4. The number of halogens is 1. The fourth-order valence-corrected chi connectivity index (χ4v) is 4.09. The third kappa shape index (κ3) is 3.64. The molecule has 1 nitrogen and oxygen atoms in total.